The second-order valence-corrected chi connectivity index (χ2v) is 8.91. The third-order valence-electron chi connectivity index (χ3n) is 6.21. The fourth-order valence-corrected chi connectivity index (χ4v) is 4.48. The molecule has 1 atom stereocenters. The lowest BCUT2D eigenvalue weighted by Crippen LogP contribution is -2.52. The van der Waals surface area contributed by atoms with E-state index in [4.69, 9.17) is 21.1 Å². The summed E-state index contributed by atoms with van der Waals surface area (Å²) in [5, 5.41) is 3.36. The summed E-state index contributed by atoms with van der Waals surface area (Å²) in [5.74, 6) is 0.384. The van der Waals surface area contributed by atoms with Gasteiger partial charge in [0, 0.05) is 51.3 Å². The zero-order valence-electron chi connectivity index (χ0n) is 18.4. The molecule has 3 aliphatic rings. The van der Waals surface area contributed by atoms with E-state index in [-0.39, 0.29) is 30.7 Å². The molecule has 3 amide bonds. The number of halogens is 1. The molecule has 1 aromatic carbocycles. The molecule has 0 bridgehead atoms. The van der Waals surface area contributed by atoms with E-state index < -0.39 is 5.92 Å². The molecular weight excluding hydrogens is 436 g/mol. The second kappa shape index (κ2) is 9.54. The highest BCUT2D eigenvalue weighted by atomic mass is 35.5. The molecule has 2 saturated heterocycles. The first kappa shape index (κ1) is 22.7. The molecule has 10 heteroatoms. The predicted molar refractivity (Wildman–Crippen MR) is 119 cm³/mol. The predicted octanol–water partition coefficient (Wildman–Crippen LogP) is 1.13. The number of methoxy groups -OCH3 is 2. The molecule has 9 nitrogen and oxygen atoms in total. The summed E-state index contributed by atoms with van der Waals surface area (Å²) in [6, 6.07) is 3.63. The summed E-state index contributed by atoms with van der Waals surface area (Å²) < 4.78 is 10.6. The smallest absolute Gasteiger partial charge is 0.234 e. The largest absolute Gasteiger partial charge is 0.495 e. The number of hydrogen-bond acceptors (Lipinski definition) is 6. The molecule has 0 radical (unpaired) electrons. The molecule has 2 aliphatic heterocycles. The van der Waals surface area contributed by atoms with E-state index in [2.05, 4.69) is 10.2 Å². The Balaban J connectivity index is 1.34. The number of carbonyl (C=O) groups is 3. The maximum atomic E-state index is 13.1. The lowest BCUT2D eigenvalue weighted by atomic mass is 10.1. The van der Waals surface area contributed by atoms with Crippen molar-refractivity contribution in [3.05, 3.63) is 17.2 Å². The lowest BCUT2D eigenvalue weighted by Gasteiger charge is -2.35. The molecule has 0 unspecified atom stereocenters. The SMILES string of the molecule is COc1cc(OC)c(N2C[C@H](C(=O)N3CCN(CC(=O)NC4CC4)CC3)CC2=O)cc1Cl. The van der Waals surface area contributed by atoms with Gasteiger partial charge in [-0.2, -0.15) is 0 Å². The van der Waals surface area contributed by atoms with E-state index in [9.17, 15) is 14.4 Å². The molecule has 1 saturated carbocycles. The van der Waals surface area contributed by atoms with Crippen LogP contribution in [0, 0.1) is 5.92 Å². The summed E-state index contributed by atoms with van der Waals surface area (Å²) in [6.45, 7) is 3.05. The van der Waals surface area contributed by atoms with Gasteiger partial charge in [0.15, 0.2) is 0 Å². The number of rotatable bonds is 7. The van der Waals surface area contributed by atoms with Crippen LogP contribution in [-0.4, -0.2) is 87.1 Å². The minimum atomic E-state index is -0.419. The van der Waals surface area contributed by atoms with Gasteiger partial charge in [-0.1, -0.05) is 11.6 Å². The third-order valence-corrected chi connectivity index (χ3v) is 6.51. The zero-order valence-corrected chi connectivity index (χ0v) is 19.2. The minimum Gasteiger partial charge on any atom is -0.495 e. The number of anilines is 1. The maximum Gasteiger partial charge on any atom is 0.234 e. The van der Waals surface area contributed by atoms with Gasteiger partial charge in [0.2, 0.25) is 17.7 Å². The van der Waals surface area contributed by atoms with Crippen LogP contribution in [0.2, 0.25) is 5.02 Å². The Labute approximate surface area is 192 Å². The molecule has 32 heavy (non-hydrogen) atoms. The molecule has 4 rings (SSSR count). The van der Waals surface area contributed by atoms with Crippen molar-refractivity contribution in [2.75, 3.05) is 58.4 Å². The molecule has 2 heterocycles. The highest BCUT2D eigenvalue weighted by Gasteiger charge is 2.39. The van der Waals surface area contributed by atoms with Crippen LogP contribution in [0.25, 0.3) is 0 Å². The van der Waals surface area contributed by atoms with E-state index in [1.165, 1.54) is 14.2 Å². The molecule has 174 valence electrons. The average Bonchev–Trinajstić information content (AvgIpc) is 3.51. The van der Waals surface area contributed by atoms with Crippen molar-refractivity contribution in [3.63, 3.8) is 0 Å². The quantitative estimate of drug-likeness (QED) is 0.650. The Morgan fingerprint density at radius 2 is 1.78 bits per heavy atom. The average molecular weight is 465 g/mol. The van der Waals surface area contributed by atoms with E-state index in [0.29, 0.717) is 61.0 Å². The van der Waals surface area contributed by atoms with E-state index in [0.717, 1.165) is 12.8 Å². The lowest BCUT2D eigenvalue weighted by molar-refractivity contribution is -0.137. The fraction of sp³-hybridized carbons (Fsp3) is 0.591. The van der Waals surface area contributed by atoms with Gasteiger partial charge >= 0.3 is 0 Å². The maximum absolute atomic E-state index is 13.1. The number of nitrogens with zero attached hydrogens (tertiary/aromatic N) is 3. The van der Waals surface area contributed by atoms with Gasteiger partial charge in [-0.25, -0.2) is 0 Å². The van der Waals surface area contributed by atoms with Crippen molar-refractivity contribution < 1.29 is 23.9 Å². The van der Waals surface area contributed by atoms with Gasteiger partial charge in [0.25, 0.3) is 0 Å². The number of benzene rings is 1. The van der Waals surface area contributed by atoms with Gasteiger partial charge in [-0.15, -0.1) is 0 Å². The first-order valence-corrected chi connectivity index (χ1v) is 11.3. The topological polar surface area (TPSA) is 91.4 Å². The summed E-state index contributed by atoms with van der Waals surface area (Å²) in [5.41, 5.74) is 0.532. The molecule has 0 aromatic heterocycles. The Kier molecular flexibility index (Phi) is 6.76. The number of hydrogen-bond donors (Lipinski definition) is 1. The summed E-state index contributed by atoms with van der Waals surface area (Å²) >= 11 is 6.26. The molecular formula is C22H29ClN4O5. The summed E-state index contributed by atoms with van der Waals surface area (Å²) in [7, 11) is 3.02. The summed E-state index contributed by atoms with van der Waals surface area (Å²) in [4.78, 5) is 43.3. The van der Waals surface area contributed by atoms with Crippen molar-refractivity contribution in [2.24, 2.45) is 5.92 Å². The first-order valence-electron chi connectivity index (χ1n) is 10.9. The Bertz CT molecular complexity index is 899. The number of amides is 3. The van der Waals surface area contributed by atoms with Crippen LogP contribution < -0.4 is 19.7 Å². The molecule has 1 aliphatic carbocycles. The van der Waals surface area contributed by atoms with Crippen LogP contribution in [0.15, 0.2) is 12.1 Å². The van der Waals surface area contributed by atoms with Gasteiger partial charge in [-0.3, -0.25) is 19.3 Å². The second-order valence-electron chi connectivity index (χ2n) is 8.51. The normalized spacial score (nSPS) is 21.6. The van der Waals surface area contributed by atoms with Crippen molar-refractivity contribution >= 4 is 35.0 Å². The van der Waals surface area contributed by atoms with Crippen molar-refractivity contribution in [3.8, 4) is 11.5 Å². The fourth-order valence-electron chi connectivity index (χ4n) is 4.25. The Morgan fingerprint density at radius 3 is 2.41 bits per heavy atom. The van der Waals surface area contributed by atoms with Gasteiger partial charge in [-0.05, 0) is 18.9 Å². The van der Waals surface area contributed by atoms with Crippen LogP contribution in [0.4, 0.5) is 5.69 Å². The Morgan fingerprint density at radius 1 is 1.09 bits per heavy atom. The number of piperazine rings is 1. The van der Waals surface area contributed by atoms with E-state index in [1.54, 1.807) is 21.9 Å². The first-order chi connectivity index (χ1) is 15.4. The minimum absolute atomic E-state index is 0.0264. The van der Waals surface area contributed by atoms with Crippen LogP contribution >= 0.6 is 11.6 Å². The summed E-state index contributed by atoms with van der Waals surface area (Å²) in [6.07, 6.45) is 2.29. The van der Waals surface area contributed by atoms with Gasteiger partial charge < -0.3 is 24.6 Å². The highest BCUT2D eigenvalue weighted by molar-refractivity contribution is 6.32. The standard InChI is InChI=1S/C22H29ClN4O5/c1-31-18-11-19(32-2)17(10-16(18)23)27-12-14(9-21(27)29)22(30)26-7-5-25(6-8-26)13-20(28)24-15-3-4-15/h10-11,14-15H,3-9,12-13H2,1-2H3,(H,24,28)/t14-/m1/s1. The van der Waals surface area contributed by atoms with Crippen LogP contribution in [0.1, 0.15) is 19.3 Å². The highest BCUT2D eigenvalue weighted by Crippen LogP contribution is 2.40. The number of carbonyl (C=O) groups excluding carboxylic acids is 3. The number of nitrogens with one attached hydrogen (secondary N) is 1. The van der Waals surface area contributed by atoms with Gasteiger partial charge in [0.05, 0.1) is 37.4 Å². The van der Waals surface area contributed by atoms with Crippen molar-refractivity contribution in [1.29, 1.82) is 0 Å². The van der Waals surface area contributed by atoms with Crippen LogP contribution in [-0.2, 0) is 14.4 Å². The Hall–Kier alpha value is -2.52. The zero-order chi connectivity index (χ0) is 22.8. The number of ether oxygens (including phenoxy) is 2. The third kappa shape index (κ3) is 4.94. The van der Waals surface area contributed by atoms with Crippen molar-refractivity contribution in [2.45, 2.75) is 25.3 Å². The van der Waals surface area contributed by atoms with Gasteiger partial charge in [0.1, 0.15) is 11.5 Å². The molecule has 1 N–H and O–H groups in total. The van der Waals surface area contributed by atoms with Crippen LogP contribution in [0.5, 0.6) is 11.5 Å². The molecule has 3 fully saturated rings. The van der Waals surface area contributed by atoms with E-state index >= 15 is 0 Å². The van der Waals surface area contributed by atoms with Crippen molar-refractivity contribution in [1.82, 2.24) is 15.1 Å². The monoisotopic (exact) mass is 464 g/mol. The molecule has 0 spiro atoms. The van der Waals surface area contributed by atoms with E-state index in [1.807, 2.05) is 0 Å². The van der Waals surface area contributed by atoms with Crippen LogP contribution in [0.3, 0.4) is 0 Å². The molecule has 1 aromatic rings.